The number of benzene rings is 2. The molecule has 2 fully saturated rings. The zero-order chi connectivity index (χ0) is 38.9. The Morgan fingerprint density at radius 3 is 2.00 bits per heavy atom. The fourth-order valence-electron chi connectivity index (χ4n) is 7.68. The fourth-order valence-corrected chi connectivity index (χ4v) is 10.6. The Labute approximate surface area is 316 Å². The zero-order valence-electron chi connectivity index (χ0n) is 32.4. The van der Waals surface area contributed by atoms with Gasteiger partial charge in [-0.25, -0.2) is 19.6 Å². The van der Waals surface area contributed by atoms with Crippen LogP contribution in [0.25, 0.3) is 33.4 Å². The number of alkyl carbamates (subject to hydrolysis) is 2. The second-order valence-electron chi connectivity index (χ2n) is 15.9. The van der Waals surface area contributed by atoms with Gasteiger partial charge in [0, 0.05) is 12.7 Å². The number of amides is 4. The highest BCUT2D eigenvalue weighted by molar-refractivity contribution is 6.78. The summed E-state index contributed by atoms with van der Waals surface area (Å²) in [6.45, 7) is 12.8. The molecule has 4 N–H and O–H groups in total. The molecule has 14 nitrogen and oxygen atoms in total. The first-order valence-corrected chi connectivity index (χ1v) is 22.1. The van der Waals surface area contributed by atoms with Gasteiger partial charge in [-0.2, -0.15) is 0 Å². The molecular formula is C39H52N8O6Si. The van der Waals surface area contributed by atoms with Gasteiger partial charge in [-0.05, 0) is 59.5 Å². The standard InChI is InChI=1S/C39H52N8O6Si/c1-22(2)32(44-38(50)52-5)36(48)46-17-9-10-30(46)35-41-27-16-15-26(18-28(27)42-35)24-11-13-25(14-12-24)29-19-40-34(43-29)31-20-54(7,8)21-47(31)37(49)33(23(3)4)45-39(51)53-6/h11-16,18-19,22-23,30-33H,9-10,17,20-21H2,1-8H3,(H,40,43)(H,41,42)(H,44,50)(H,45,51)/t30-,31-,32-,33-/m0/s1. The quantitative estimate of drug-likeness (QED) is 0.139. The SMILES string of the molecule is COC(=O)N[C@H](C(=O)N1C[Si](C)(C)C[C@H]1c1ncc(-c2ccc(-c3ccc4nc([C@@H]5CCCN5C(=O)[C@@H](NC(=O)OC)C(C)C)[nH]c4c3)cc2)[nH]1)C(C)C. The smallest absolute Gasteiger partial charge is 0.407 e. The van der Waals surface area contributed by atoms with Crippen molar-refractivity contribution < 1.29 is 28.7 Å². The van der Waals surface area contributed by atoms with Crippen molar-refractivity contribution in [2.24, 2.45) is 11.8 Å². The van der Waals surface area contributed by atoms with E-state index in [1.807, 2.05) is 55.8 Å². The third-order valence-corrected chi connectivity index (χ3v) is 13.3. The maximum Gasteiger partial charge on any atom is 0.407 e. The maximum atomic E-state index is 13.8. The molecule has 6 rings (SSSR count). The van der Waals surface area contributed by atoms with Gasteiger partial charge in [0.05, 0.1) is 57.3 Å². The lowest BCUT2D eigenvalue weighted by Crippen LogP contribution is -2.52. The Morgan fingerprint density at radius 2 is 1.39 bits per heavy atom. The second-order valence-corrected chi connectivity index (χ2v) is 20.9. The molecule has 0 aliphatic carbocycles. The number of hydrogen-bond donors (Lipinski definition) is 4. The molecule has 4 atom stereocenters. The number of ether oxygens (including phenoxy) is 2. The van der Waals surface area contributed by atoms with Crippen molar-refractivity contribution in [3.05, 3.63) is 60.3 Å². The Morgan fingerprint density at radius 1 is 0.796 bits per heavy atom. The van der Waals surface area contributed by atoms with Crippen LogP contribution in [0.3, 0.4) is 0 Å². The van der Waals surface area contributed by atoms with Crippen molar-refractivity contribution in [2.45, 2.75) is 83.8 Å². The number of likely N-dealkylation sites (tertiary alicyclic amines) is 1. The number of aromatic amines is 2. The zero-order valence-corrected chi connectivity index (χ0v) is 33.4. The summed E-state index contributed by atoms with van der Waals surface area (Å²) in [5, 5.41) is 5.43. The molecule has 0 bridgehead atoms. The fraction of sp³-hybridized carbons (Fsp3) is 0.487. The first-order chi connectivity index (χ1) is 25.7. The number of hydrogen-bond acceptors (Lipinski definition) is 8. The largest absolute Gasteiger partial charge is 0.453 e. The van der Waals surface area contributed by atoms with Gasteiger partial charge in [-0.15, -0.1) is 0 Å². The highest BCUT2D eigenvalue weighted by atomic mass is 28.3. The van der Waals surface area contributed by atoms with Gasteiger partial charge in [0.2, 0.25) is 11.8 Å². The van der Waals surface area contributed by atoms with Crippen LogP contribution in [-0.2, 0) is 19.1 Å². The molecule has 0 saturated carbocycles. The van der Waals surface area contributed by atoms with Crippen molar-refractivity contribution in [2.75, 3.05) is 26.9 Å². The van der Waals surface area contributed by atoms with Crippen molar-refractivity contribution in [3.63, 3.8) is 0 Å². The number of H-pyrrole nitrogens is 2. The Balaban J connectivity index is 1.18. The lowest BCUT2D eigenvalue weighted by molar-refractivity contribution is -0.136. The lowest BCUT2D eigenvalue weighted by atomic mass is 10.0. The molecule has 2 aromatic carbocycles. The monoisotopic (exact) mass is 756 g/mol. The van der Waals surface area contributed by atoms with Gasteiger partial charge < -0.3 is 39.9 Å². The second kappa shape index (κ2) is 15.7. The van der Waals surface area contributed by atoms with Crippen molar-refractivity contribution in [1.82, 2.24) is 40.4 Å². The van der Waals surface area contributed by atoms with Crippen LogP contribution in [0.2, 0.25) is 19.1 Å². The van der Waals surface area contributed by atoms with Gasteiger partial charge in [0.1, 0.15) is 23.7 Å². The van der Waals surface area contributed by atoms with E-state index in [0.717, 1.165) is 64.0 Å². The average molecular weight is 757 g/mol. The normalized spacial score (nSPS) is 19.3. The number of nitrogens with zero attached hydrogens (tertiary/aromatic N) is 4. The van der Waals surface area contributed by atoms with Crippen LogP contribution in [0.15, 0.2) is 48.7 Å². The summed E-state index contributed by atoms with van der Waals surface area (Å²) >= 11 is 0. The number of fused-ring (bicyclic) bond motifs is 1. The van der Waals surface area contributed by atoms with E-state index in [4.69, 9.17) is 19.4 Å². The van der Waals surface area contributed by atoms with Crippen LogP contribution < -0.4 is 10.6 Å². The van der Waals surface area contributed by atoms with E-state index in [-0.39, 0.29) is 35.7 Å². The molecule has 2 saturated heterocycles. The first kappa shape index (κ1) is 38.5. The first-order valence-electron chi connectivity index (χ1n) is 18.6. The van der Waals surface area contributed by atoms with Crippen molar-refractivity contribution in [1.29, 1.82) is 0 Å². The van der Waals surface area contributed by atoms with E-state index >= 15 is 0 Å². The minimum atomic E-state index is -1.75. The third kappa shape index (κ3) is 8.00. The summed E-state index contributed by atoms with van der Waals surface area (Å²) in [7, 11) is 0.839. The number of carbonyl (C=O) groups excluding carboxylic acids is 4. The molecule has 0 spiro atoms. The molecule has 15 heteroatoms. The van der Waals surface area contributed by atoms with Gasteiger partial charge in [0.25, 0.3) is 0 Å². The van der Waals surface area contributed by atoms with Crippen LogP contribution in [0.1, 0.15) is 64.3 Å². The molecule has 54 heavy (non-hydrogen) atoms. The Bertz CT molecular complexity index is 2010. The predicted molar refractivity (Wildman–Crippen MR) is 208 cm³/mol. The van der Waals surface area contributed by atoms with Gasteiger partial charge in [-0.3, -0.25) is 9.59 Å². The summed E-state index contributed by atoms with van der Waals surface area (Å²) in [5.74, 6) is 0.981. The van der Waals surface area contributed by atoms with Crippen LogP contribution in [0.4, 0.5) is 9.59 Å². The molecule has 288 valence electrons. The maximum absolute atomic E-state index is 13.8. The molecule has 0 radical (unpaired) electrons. The summed E-state index contributed by atoms with van der Waals surface area (Å²) < 4.78 is 9.56. The summed E-state index contributed by atoms with van der Waals surface area (Å²) in [6, 6.07) is 13.4. The number of carbonyl (C=O) groups is 4. The molecule has 4 aromatic rings. The van der Waals surface area contributed by atoms with E-state index in [2.05, 4.69) is 64.0 Å². The highest BCUT2D eigenvalue weighted by Crippen LogP contribution is 2.39. The number of methoxy groups -OCH3 is 2. The summed E-state index contributed by atoms with van der Waals surface area (Å²) in [6.07, 6.45) is 2.87. The summed E-state index contributed by atoms with van der Waals surface area (Å²) in [5.41, 5.74) is 5.56. The molecule has 0 unspecified atom stereocenters. The Kier molecular flexibility index (Phi) is 11.2. The van der Waals surface area contributed by atoms with Crippen molar-refractivity contribution in [3.8, 4) is 22.4 Å². The van der Waals surface area contributed by atoms with Crippen LogP contribution >= 0.6 is 0 Å². The predicted octanol–water partition coefficient (Wildman–Crippen LogP) is 6.18. The average Bonchev–Trinajstić information content (AvgIpc) is 3.96. The van der Waals surface area contributed by atoms with Gasteiger partial charge in [-0.1, -0.05) is 71.1 Å². The lowest BCUT2D eigenvalue weighted by Gasteiger charge is -2.30. The minimum Gasteiger partial charge on any atom is -0.453 e. The van der Waals surface area contributed by atoms with E-state index in [1.165, 1.54) is 14.2 Å². The number of imidazole rings is 2. The number of nitrogens with one attached hydrogen (secondary N) is 4. The van der Waals surface area contributed by atoms with Crippen LogP contribution in [-0.4, -0.2) is 101 Å². The van der Waals surface area contributed by atoms with Gasteiger partial charge in [0.15, 0.2) is 0 Å². The molecule has 2 aromatic heterocycles. The third-order valence-electron chi connectivity index (χ3n) is 10.6. The molecule has 4 heterocycles. The molecule has 2 aliphatic heterocycles. The molecular weight excluding hydrogens is 705 g/mol. The van der Waals surface area contributed by atoms with E-state index in [0.29, 0.717) is 12.7 Å². The molecule has 4 amide bonds. The van der Waals surface area contributed by atoms with Gasteiger partial charge >= 0.3 is 12.2 Å². The van der Waals surface area contributed by atoms with Crippen LogP contribution in [0, 0.1) is 11.8 Å². The van der Waals surface area contributed by atoms with Crippen molar-refractivity contribution >= 4 is 43.1 Å². The number of aromatic nitrogens is 4. The van der Waals surface area contributed by atoms with Crippen LogP contribution in [0.5, 0.6) is 0 Å². The highest BCUT2D eigenvalue weighted by Gasteiger charge is 2.46. The number of rotatable bonds is 10. The minimum absolute atomic E-state index is 0.110. The molecule has 2 aliphatic rings. The summed E-state index contributed by atoms with van der Waals surface area (Å²) in [4.78, 5) is 71.8. The van der Waals surface area contributed by atoms with E-state index in [1.54, 1.807) is 0 Å². The topological polar surface area (TPSA) is 175 Å². The van der Waals surface area contributed by atoms with E-state index in [9.17, 15) is 19.2 Å². The van der Waals surface area contributed by atoms with E-state index < -0.39 is 32.3 Å². The Hall–Kier alpha value is -5.18.